The predicted octanol–water partition coefficient (Wildman–Crippen LogP) is 2.55. The van der Waals surface area contributed by atoms with Gasteiger partial charge in [0.2, 0.25) is 0 Å². The molecule has 1 heterocycles. The molecule has 1 N–H and O–H groups in total. The Morgan fingerprint density at radius 3 is 2.53 bits per heavy atom. The minimum Gasteiger partial charge on any atom is -0.444 e. The lowest BCUT2D eigenvalue weighted by molar-refractivity contribution is -0.133. The summed E-state index contributed by atoms with van der Waals surface area (Å²) in [5.41, 5.74) is -0.357. The summed E-state index contributed by atoms with van der Waals surface area (Å²) in [5.74, 6) is -0.601. The molecule has 6 nitrogen and oxygen atoms in total. The molecule has 1 aromatic rings. The van der Waals surface area contributed by atoms with Gasteiger partial charge in [-0.25, -0.2) is 4.79 Å². The van der Waals surface area contributed by atoms with Crippen LogP contribution in [0.3, 0.4) is 0 Å². The number of anilines is 1. The van der Waals surface area contributed by atoms with Gasteiger partial charge in [-0.2, -0.15) is 0 Å². The van der Waals surface area contributed by atoms with Crippen molar-refractivity contribution in [1.29, 1.82) is 0 Å². The summed E-state index contributed by atoms with van der Waals surface area (Å²) < 4.78 is 14.7. The van der Waals surface area contributed by atoms with E-state index in [1.165, 1.54) is 19.3 Å². The summed E-state index contributed by atoms with van der Waals surface area (Å²) in [6.07, 6.45) is 0.651. The molecule has 0 saturated heterocycles. The molecule has 0 spiro atoms. The van der Waals surface area contributed by atoms with Gasteiger partial charge in [0.1, 0.15) is 11.3 Å². The molecule has 94 valence electrons. The number of furan rings is 1. The average Bonchev–Trinajstić information content (AvgIpc) is 2.47. The number of rotatable bonds is 2. The maximum atomic E-state index is 11.4. The van der Waals surface area contributed by atoms with Crippen molar-refractivity contribution in [2.75, 3.05) is 5.32 Å². The number of esters is 1. The molecule has 1 aromatic heterocycles. The summed E-state index contributed by atoms with van der Waals surface area (Å²) in [6.45, 7) is 6.47. The van der Waals surface area contributed by atoms with Crippen molar-refractivity contribution in [2.24, 2.45) is 0 Å². The molecule has 1 rings (SSSR count). The van der Waals surface area contributed by atoms with Crippen LogP contribution < -0.4 is 10.1 Å². The lowest BCUT2D eigenvalue weighted by atomic mass is 10.2. The fourth-order valence-corrected chi connectivity index (χ4v) is 1.01. The maximum absolute atomic E-state index is 11.4. The number of ether oxygens (including phenoxy) is 2. The van der Waals surface area contributed by atoms with Crippen LogP contribution in [0.4, 0.5) is 10.5 Å². The molecule has 0 unspecified atom stereocenters. The van der Waals surface area contributed by atoms with Crippen LogP contribution in [0.1, 0.15) is 27.7 Å². The standard InChI is InChI=1S/C11H15NO5/c1-7(13)16-9-8(5-6-15-9)12-10(14)17-11(2,3)4/h5-6H,1-4H3,(H,12,14). The first-order chi connectivity index (χ1) is 7.78. The Balaban J connectivity index is 2.65. The molecule has 0 bridgehead atoms. The van der Waals surface area contributed by atoms with Crippen molar-refractivity contribution >= 4 is 17.7 Å². The molecule has 0 fully saturated rings. The fraction of sp³-hybridized carbons (Fsp3) is 0.455. The van der Waals surface area contributed by atoms with Crippen molar-refractivity contribution in [3.05, 3.63) is 12.3 Å². The van der Waals surface area contributed by atoms with E-state index in [-0.39, 0.29) is 11.6 Å². The zero-order valence-corrected chi connectivity index (χ0v) is 10.2. The Labute approximate surface area is 98.9 Å². The SMILES string of the molecule is CC(=O)Oc1occc1NC(=O)OC(C)(C)C. The lowest BCUT2D eigenvalue weighted by Gasteiger charge is -2.19. The molecule has 0 saturated carbocycles. The third-order valence-corrected chi connectivity index (χ3v) is 1.50. The topological polar surface area (TPSA) is 77.8 Å². The summed E-state index contributed by atoms with van der Waals surface area (Å²) in [7, 11) is 0. The van der Waals surface area contributed by atoms with Crippen molar-refractivity contribution in [3.8, 4) is 5.95 Å². The number of hydrogen-bond acceptors (Lipinski definition) is 5. The molecule has 0 aliphatic heterocycles. The van der Waals surface area contributed by atoms with Crippen LogP contribution in [0.2, 0.25) is 0 Å². The largest absolute Gasteiger partial charge is 0.444 e. The number of hydrogen-bond donors (Lipinski definition) is 1. The first kappa shape index (κ1) is 13.1. The van der Waals surface area contributed by atoms with E-state index in [4.69, 9.17) is 13.9 Å². The zero-order chi connectivity index (χ0) is 13.1. The first-order valence-electron chi connectivity index (χ1n) is 5.04. The van der Waals surface area contributed by atoms with Gasteiger partial charge in [0.15, 0.2) is 0 Å². The van der Waals surface area contributed by atoms with E-state index in [0.29, 0.717) is 0 Å². The second-order valence-electron chi connectivity index (χ2n) is 4.34. The van der Waals surface area contributed by atoms with Crippen LogP contribution in [0.15, 0.2) is 16.7 Å². The van der Waals surface area contributed by atoms with Crippen LogP contribution in [0, 0.1) is 0 Å². The quantitative estimate of drug-likeness (QED) is 0.805. The van der Waals surface area contributed by atoms with E-state index in [1.807, 2.05) is 0 Å². The Morgan fingerprint density at radius 1 is 1.35 bits per heavy atom. The Hall–Kier alpha value is -1.98. The number of carbonyl (C=O) groups excluding carboxylic acids is 2. The fourth-order valence-electron chi connectivity index (χ4n) is 1.01. The van der Waals surface area contributed by atoms with Gasteiger partial charge in [0.25, 0.3) is 0 Å². The minimum atomic E-state index is -0.646. The summed E-state index contributed by atoms with van der Waals surface area (Å²) in [5, 5.41) is 2.42. The Bertz CT molecular complexity index is 416. The molecular weight excluding hydrogens is 226 g/mol. The number of nitrogens with one attached hydrogen (secondary N) is 1. The normalized spacial score (nSPS) is 10.8. The van der Waals surface area contributed by atoms with E-state index >= 15 is 0 Å². The van der Waals surface area contributed by atoms with E-state index < -0.39 is 17.7 Å². The van der Waals surface area contributed by atoms with Crippen LogP contribution in [-0.4, -0.2) is 17.7 Å². The summed E-state index contributed by atoms with van der Waals surface area (Å²) in [6, 6.07) is 1.46. The molecule has 0 radical (unpaired) electrons. The highest BCUT2D eigenvalue weighted by molar-refractivity contribution is 5.87. The molecule has 0 aliphatic carbocycles. The monoisotopic (exact) mass is 241 g/mol. The predicted molar refractivity (Wildman–Crippen MR) is 59.9 cm³/mol. The van der Waals surface area contributed by atoms with E-state index in [9.17, 15) is 9.59 Å². The van der Waals surface area contributed by atoms with Crippen molar-refractivity contribution in [1.82, 2.24) is 0 Å². The molecule has 0 atom stereocenters. The zero-order valence-electron chi connectivity index (χ0n) is 10.2. The van der Waals surface area contributed by atoms with E-state index in [0.717, 1.165) is 0 Å². The second kappa shape index (κ2) is 4.90. The van der Waals surface area contributed by atoms with Gasteiger partial charge < -0.3 is 13.9 Å². The van der Waals surface area contributed by atoms with Gasteiger partial charge in [-0.15, -0.1) is 0 Å². The third kappa shape index (κ3) is 4.58. The van der Waals surface area contributed by atoms with Crippen molar-refractivity contribution in [2.45, 2.75) is 33.3 Å². The van der Waals surface area contributed by atoms with Gasteiger partial charge in [-0.05, 0) is 20.8 Å². The van der Waals surface area contributed by atoms with Crippen LogP contribution >= 0.6 is 0 Å². The van der Waals surface area contributed by atoms with Gasteiger partial charge >= 0.3 is 18.0 Å². The molecule has 0 aliphatic rings. The van der Waals surface area contributed by atoms with Crippen LogP contribution in [0.25, 0.3) is 0 Å². The van der Waals surface area contributed by atoms with Gasteiger partial charge in [0, 0.05) is 13.0 Å². The van der Waals surface area contributed by atoms with Crippen LogP contribution in [-0.2, 0) is 9.53 Å². The molecular formula is C11H15NO5. The van der Waals surface area contributed by atoms with Crippen molar-refractivity contribution in [3.63, 3.8) is 0 Å². The highest BCUT2D eigenvalue weighted by Crippen LogP contribution is 2.26. The second-order valence-corrected chi connectivity index (χ2v) is 4.34. The van der Waals surface area contributed by atoms with Gasteiger partial charge in [-0.3, -0.25) is 10.1 Å². The first-order valence-corrected chi connectivity index (χ1v) is 5.04. The van der Waals surface area contributed by atoms with Gasteiger partial charge in [-0.1, -0.05) is 0 Å². The van der Waals surface area contributed by atoms with Crippen molar-refractivity contribution < 1.29 is 23.5 Å². The summed E-state index contributed by atoms with van der Waals surface area (Å²) >= 11 is 0. The average molecular weight is 241 g/mol. The van der Waals surface area contributed by atoms with Gasteiger partial charge in [0.05, 0.1) is 6.26 Å². The Kier molecular flexibility index (Phi) is 3.77. The summed E-state index contributed by atoms with van der Waals surface area (Å²) in [4.78, 5) is 22.2. The minimum absolute atomic E-state index is 0.0663. The molecule has 0 aromatic carbocycles. The number of amides is 1. The molecule has 17 heavy (non-hydrogen) atoms. The van der Waals surface area contributed by atoms with E-state index in [2.05, 4.69) is 5.32 Å². The van der Waals surface area contributed by atoms with E-state index in [1.54, 1.807) is 20.8 Å². The lowest BCUT2D eigenvalue weighted by Crippen LogP contribution is -2.27. The maximum Gasteiger partial charge on any atom is 0.412 e. The third-order valence-electron chi connectivity index (χ3n) is 1.50. The smallest absolute Gasteiger partial charge is 0.412 e. The number of carbonyl (C=O) groups is 2. The molecule has 1 amide bonds. The van der Waals surface area contributed by atoms with Crippen LogP contribution in [0.5, 0.6) is 5.95 Å². The molecule has 6 heteroatoms. The Morgan fingerprint density at radius 2 is 2.00 bits per heavy atom. The highest BCUT2D eigenvalue weighted by atomic mass is 16.6. The highest BCUT2D eigenvalue weighted by Gasteiger charge is 2.19.